The van der Waals surface area contributed by atoms with Crippen LogP contribution in [0.15, 0.2) is 91.4 Å². The summed E-state index contributed by atoms with van der Waals surface area (Å²) in [5.74, 6) is 0.742. The predicted molar refractivity (Wildman–Crippen MR) is 166 cm³/mol. The number of nitrogens with one attached hydrogen (secondary N) is 1. The molecule has 3 aromatic carbocycles. The van der Waals surface area contributed by atoms with E-state index in [1.807, 2.05) is 72.8 Å². The van der Waals surface area contributed by atoms with Crippen LogP contribution in [0.25, 0.3) is 32.7 Å². The van der Waals surface area contributed by atoms with E-state index in [2.05, 4.69) is 32.2 Å². The molecule has 0 fully saturated rings. The molecule has 3 heterocycles. The van der Waals surface area contributed by atoms with Crippen LogP contribution in [0.4, 0.5) is 11.4 Å². The number of hydrogen-bond acceptors (Lipinski definition) is 6. The smallest absolute Gasteiger partial charge is 0.130 e. The summed E-state index contributed by atoms with van der Waals surface area (Å²) in [5.41, 5.74) is 4.44. The van der Waals surface area contributed by atoms with Gasteiger partial charge in [-0.1, -0.05) is 34.8 Å². The summed E-state index contributed by atoms with van der Waals surface area (Å²) in [5, 5.41) is 8.54. The maximum atomic E-state index is 6.43. The molecule has 0 radical (unpaired) electrons. The molecule has 0 unspecified atom stereocenters. The number of hydrogen-bond donors (Lipinski definition) is 1. The Balaban J connectivity index is 1.33. The van der Waals surface area contributed by atoms with E-state index in [4.69, 9.17) is 39.5 Å². The van der Waals surface area contributed by atoms with Gasteiger partial charge >= 0.3 is 0 Å². The maximum Gasteiger partial charge on any atom is 0.130 e. The Bertz CT molecular complexity index is 1850. The average molecular weight is 589 g/mol. The molecule has 1 N–H and O–H groups in total. The minimum Gasteiger partial charge on any atom is -0.491 e. The van der Waals surface area contributed by atoms with Crippen LogP contribution in [0.2, 0.25) is 15.1 Å². The van der Waals surface area contributed by atoms with Crippen molar-refractivity contribution < 1.29 is 4.74 Å². The van der Waals surface area contributed by atoms with Gasteiger partial charge in [-0.3, -0.25) is 15.0 Å². The van der Waals surface area contributed by atoms with Crippen molar-refractivity contribution >= 4 is 78.9 Å². The van der Waals surface area contributed by atoms with Crippen molar-refractivity contribution in [1.82, 2.24) is 15.0 Å². The normalized spacial score (nSPS) is 12.1. The molecule has 200 valence electrons. The molecule has 0 spiro atoms. The summed E-state index contributed by atoms with van der Waals surface area (Å²) in [6.45, 7) is 1.02. The van der Waals surface area contributed by atoms with Crippen molar-refractivity contribution in [2.45, 2.75) is 6.04 Å². The van der Waals surface area contributed by atoms with Gasteiger partial charge in [0, 0.05) is 74.8 Å². The van der Waals surface area contributed by atoms with E-state index in [1.54, 1.807) is 18.6 Å². The summed E-state index contributed by atoms with van der Waals surface area (Å²) in [4.78, 5) is 15.6. The summed E-state index contributed by atoms with van der Waals surface area (Å²) in [7, 11) is 2.06. The first kappa shape index (κ1) is 26.4. The Labute approximate surface area is 246 Å². The lowest BCUT2D eigenvalue weighted by atomic mass is 10.1. The highest BCUT2D eigenvalue weighted by Crippen LogP contribution is 2.30. The molecule has 0 saturated carbocycles. The van der Waals surface area contributed by atoms with Crippen molar-refractivity contribution in [3.8, 4) is 5.75 Å². The number of halogens is 3. The zero-order chi connectivity index (χ0) is 27.6. The van der Waals surface area contributed by atoms with E-state index < -0.39 is 0 Å². The number of likely N-dealkylation sites (N-methyl/N-ethyl adjacent to an activating group) is 1. The van der Waals surface area contributed by atoms with Crippen LogP contribution >= 0.6 is 34.8 Å². The molecule has 1 atom stereocenters. The predicted octanol–water partition coefficient (Wildman–Crippen LogP) is 8.29. The summed E-state index contributed by atoms with van der Waals surface area (Å²) >= 11 is 18.6. The lowest BCUT2D eigenvalue weighted by molar-refractivity contribution is 0.301. The van der Waals surface area contributed by atoms with Gasteiger partial charge in [0.2, 0.25) is 0 Å². The van der Waals surface area contributed by atoms with E-state index in [9.17, 15) is 0 Å². The van der Waals surface area contributed by atoms with E-state index in [-0.39, 0.29) is 6.04 Å². The Morgan fingerprint density at radius 2 is 1.25 bits per heavy atom. The third-order valence-electron chi connectivity index (χ3n) is 6.76. The molecule has 0 aliphatic rings. The van der Waals surface area contributed by atoms with Crippen LogP contribution in [0.1, 0.15) is 0 Å². The highest BCUT2D eigenvalue weighted by Gasteiger charge is 2.18. The molecule has 0 aliphatic carbocycles. The zero-order valence-electron chi connectivity index (χ0n) is 21.5. The summed E-state index contributed by atoms with van der Waals surface area (Å²) in [6, 6.07) is 22.8. The molecule has 0 bridgehead atoms. The zero-order valence-corrected chi connectivity index (χ0v) is 23.8. The second-order valence-electron chi connectivity index (χ2n) is 9.51. The van der Waals surface area contributed by atoms with Crippen LogP contribution in [-0.4, -0.2) is 41.2 Å². The molecule has 6 rings (SSSR count). The SMILES string of the molecule is CN(C[C@H](COc1ccnc2cc(Cl)ccc12)Nc1ccnc2cc(Cl)ccc12)c1ccnc2cc(Cl)ccc12. The van der Waals surface area contributed by atoms with Crippen LogP contribution in [0.3, 0.4) is 0 Å². The lowest BCUT2D eigenvalue weighted by Gasteiger charge is -2.28. The first-order valence-electron chi connectivity index (χ1n) is 12.7. The summed E-state index contributed by atoms with van der Waals surface area (Å²) in [6.07, 6.45) is 5.32. The Morgan fingerprint density at radius 1 is 0.700 bits per heavy atom. The van der Waals surface area contributed by atoms with Crippen LogP contribution in [0.5, 0.6) is 5.75 Å². The number of aromatic nitrogens is 3. The Hall–Kier alpha value is -3.84. The van der Waals surface area contributed by atoms with Gasteiger partial charge < -0.3 is 15.0 Å². The molecular formula is C31H24Cl3N5O. The van der Waals surface area contributed by atoms with Gasteiger partial charge in [-0.15, -0.1) is 0 Å². The van der Waals surface area contributed by atoms with Crippen molar-refractivity contribution in [3.05, 3.63) is 106 Å². The quantitative estimate of drug-likeness (QED) is 0.193. The Morgan fingerprint density at radius 3 is 1.95 bits per heavy atom. The largest absolute Gasteiger partial charge is 0.491 e. The van der Waals surface area contributed by atoms with Gasteiger partial charge in [0.1, 0.15) is 12.4 Å². The molecule has 6 aromatic rings. The van der Waals surface area contributed by atoms with Gasteiger partial charge in [0.15, 0.2) is 0 Å². The van der Waals surface area contributed by atoms with Crippen molar-refractivity contribution in [3.63, 3.8) is 0 Å². The second-order valence-corrected chi connectivity index (χ2v) is 10.8. The highest BCUT2D eigenvalue weighted by atomic mass is 35.5. The van der Waals surface area contributed by atoms with Crippen LogP contribution in [-0.2, 0) is 0 Å². The fourth-order valence-electron chi connectivity index (χ4n) is 4.89. The lowest BCUT2D eigenvalue weighted by Crippen LogP contribution is -2.39. The van der Waals surface area contributed by atoms with E-state index in [0.717, 1.165) is 49.8 Å². The van der Waals surface area contributed by atoms with Gasteiger partial charge in [0.05, 0.1) is 22.6 Å². The molecule has 40 heavy (non-hydrogen) atoms. The number of pyridine rings is 3. The van der Waals surface area contributed by atoms with Gasteiger partial charge in [-0.2, -0.15) is 0 Å². The Kier molecular flexibility index (Phi) is 7.48. The van der Waals surface area contributed by atoms with Crippen LogP contribution in [0, 0.1) is 0 Å². The number of benzene rings is 3. The van der Waals surface area contributed by atoms with E-state index in [0.29, 0.717) is 28.2 Å². The standard InChI is InChI=1S/C31H24Cl3N5O/c1-39(30-9-12-36-28-15-20(33)3-6-24(28)30)17-22(38-26-8-11-35-27-14-19(32)2-5-23(26)27)18-40-31-10-13-37-29-16-21(34)4-7-25(29)31/h2-16,22H,17-18H2,1H3,(H,35,38)/t22-/m1/s1. The van der Waals surface area contributed by atoms with Crippen molar-refractivity contribution in [2.75, 3.05) is 30.4 Å². The maximum absolute atomic E-state index is 6.43. The van der Waals surface area contributed by atoms with Crippen LogP contribution < -0.4 is 15.0 Å². The fourth-order valence-corrected chi connectivity index (χ4v) is 5.39. The number of ether oxygens (including phenoxy) is 1. The van der Waals surface area contributed by atoms with Crippen molar-refractivity contribution in [1.29, 1.82) is 0 Å². The van der Waals surface area contributed by atoms with E-state index >= 15 is 0 Å². The summed E-state index contributed by atoms with van der Waals surface area (Å²) < 4.78 is 6.43. The molecule has 6 nitrogen and oxygen atoms in total. The van der Waals surface area contributed by atoms with Gasteiger partial charge in [-0.05, 0) is 72.8 Å². The van der Waals surface area contributed by atoms with Gasteiger partial charge in [-0.25, -0.2) is 0 Å². The average Bonchev–Trinajstić information content (AvgIpc) is 2.95. The molecule has 0 saturated heterocycles. The highest BCUT2D eigenvalue weighted by molar-refractivity contribution is 6.32. The monoisotopic (exact) mass is 587 g/mol. The molecule has 0 amide bonds. The third-order valence-corrected chi connectivity index (χ3v) is 7.46. The molecule has 0 aliphatic heterocycles. The topological polar surface area (TPSA) is 63.2 Å². The number of anilines is 2. The minimum absolute atomic E-state index is 0.114. The van der Waals surface area contributed by atoms with E-state index in [1.165, 1.54) is 0 Å². The molecular weight excluding hydrogens is 565 g/mol. The molecule has 3 aromatic heterocycles. The number of nitrogens with zero attached hydrogens (tertiary/aromatic N) is 4. The first-order valence-corrected chi connectivity index (χ1v) is 13.8. The minimum atomic E-state index is -0.114. The third kappa shape index (κ3) is 5.56. The van der Waals surface area contributed by atoms with Gasteiger partial charge in [0.25, 0.3) is 0 Å². The number of fused-ring (bicyclic) bond motifs is 3. The first-order chi connectivity index (χ1) is 19.4. The van der Waals surface area contributed by atoms with Crippen molar-refractivity contribution in [2.24, 2.45) is 0 Å². The number of rotatable bonds is 8. The second kappa shape index (κ2) is 11.3. The fraction of sp³-hybridized carbons (Fsp3) is 0.129. The molecule has 9 heteroatoms.